The number of anilines is 1. The Labute approximate surface area is 166 Å². The average molecular weight is 402 g/mol. The maximum atomic E-state index is 13.1. The lowest BCUT2D eigenvalue weighted by atomic mass is 10.2. The SMILES string of the molecule is O=C1N=C(N2CCN(c3ccc(F)cc3)CC2)S/C1=C\c1ccccc1Cl. The molecule has 2 aliphatic rings. The second-order valence-electron chi connectivity index (χ2n) is 6.28. The first kappa shape index (κ1) is 18.1. The van der Waals surface area contributed by atoms with Gasteiger partial charge in [-0.3, -0.25) is 4.79 Å². The number of hydrogen-bond donors (Lipinski definition) is 0. The van der Waals surface area contributed by atoms with Gasteiger partial charge < -0.3 is 9.80 Å². The minimum absolute atomic E-state index is 0.226. The first-order valence-electron chi connectivity index (χ1n) is 8.63. The molecule has 4 rings (SSSR count). The Morgan fingerprint density at radius 1 is 1.00 bits per heavy atom. The van der Waals surface area contributed by atoms with Crippen LogP contribution in [0.25, 0.3) is 6.08 Å². The van der Waals surface area contributed by atoms with E-state index in [-0.39, 0.29) is 11.7 Å². The number of halogens is 2. The van der Waals surface area contributed by atoms with Crippen LogP contribution in [-0.2, 0) is 4.79 Å². The molecule has 4 nitrogen and oxygen atoms in total. The molecule has 0 N–H and O–H groups in total. The van der Waals surface area contributed by atoms with Crippen LogP contribution >= 0.6 is 23.4 Å². The largest absolute Gasteiger partial charge is 0.368 e. The first-order valence-corrected chi connectivity index (χ1v) is 9.82. The van der Waals surface area contributed by atoms with Crippen molar-refractivity contribution in [2.75, 3.05) is 31.1 Å². The van der Waals surface area contributed by atoms with Gasteiger partial charge in [-0.15, -0.1) is 0 Å². The highest BCUT2D eigenvalue weighted by atomic mass is 35.5. The number of amidine groups is 1. The van der Waals surface area contributed by atoms with Crippen LogP contribution in [0.1, 0.15) is 5.56 Å². The number of rotatable bonds is 2. The van der Waals surface area contributed by atoms with Crippen molar-refractivity contribution in [3.8, 4) is 0 Å². The summed E-state index contributed by atoms with van der Waals surface area (Å²) in [4.78, 5) is 21.4. The van der Waals surface area contributed by atoms with Crippen LogP contribution in [0.2, 0.25) is 5.02 Å². The van der Waals surface area contributed by atoms with Gasteiger partial charge in [0.15, 0.2) is 5.17 Å². The molecule has 0 atom stereocenters. The summed E-state index contributed by atoms with van der Waals surface area (Å²) in [6.07, 6.45) is 1.79. The van der Waals surface area contributed by atoms with Crippen LogP contribution in [0, 0.1) is 5.82 Å². The Hall–Kier alpha value is -2.31. The molecule has 2 heterocycles. The Morgan fingerprint density at radius 2 is 1.67 bits per heavy atom. The summed E-state index contributed by atoms with van der Waals surface area (Å²) < 4.78 is 13.1. The smallest absolute Gasteiger partial charge is 0.286 e. The molecule has 0 spiro atoms. The Balaban J connectivity index is 1.41. The highest BCUT2D eigenvalue weighted by Crippen LogP contribution is 2.32. The van der Waals surface area contributed by atoms with Gasteiger partial charge in [-0.05, 0) is 53.7 Å². The number of carbonyl (C=O) groups excluding carboxylic acids is 1. The lowest BCUT2D eigenvalue weighted by molar-refractivity contribution is -0.113. The third-order valence-electron chi connectivity index (χ3n) is 4.54. The summed E-state index contributed by atoms with van der Waals surface area (Å²) in [5.74, 6) is -0.457. The Morgan fingerprint density at radius 3 is 2.37 bits per heavy atom. The summed E-state index contributed by atoms with van der Waals surface area (Å²) >= 11 is 7.57. The van der Waals surface area contributed by atoms with E-state index >= 15 is 0 Å². The van der Waals surface area contributed by atoms with Crippen LogP contribution in [-0.4, -0.2) is 42.2 Å². The molecule has 0 saturated carbocycles. The van der Waals surface area contributed by atoms with Crippen LogP contribution in [0.4, 0.5) is 10.1 Å². The van der Waals surface area contributed by atoms with E-state index < -0.39 is 0 Å². The summed E-state index contributed by atoms with van der Waals surface area (Å²) in [6, 6.07) is 14.0. The van der Waals surface area contributed by atoms with Gasteiger partial charge in [0.2, 0.25) is 0 Å². The van der Waals surface area contributed by atoms with Crippen molar-refractivity contribution in [1.29, 1.82) is 0 Å². The molecular weight excluding hydrogens is 385 g/mol. The second kappa shape index (κ2) is 7.74. The van der Waals surface area contributed by atoms with Crippen molar-refractivity contribution in [3.05, 3.63) is 69.8 Å². The molecule has 1 fully saturated rings. The number of piperazine rings is 1. The van der Waals surface area contributed by atoms with E-state index in [1.54, 1.807) is 24.3 Å². The zero-order valence-electron chi connectivity index (χ0n) is 14.4. The molecule has 2 aromatic carbocycles. The number of aliphatic imine (C=N–C) groups is 1. The van der Waals surface area contributed by atoms with E-state index in [2.05, 4.69) is 14.8 Å². The molecule has 0 aliphatic carbocycles. The summed E-state index contributed by atoms with van der Waals surface area (Å²) in [5.41, 5.74) is 1.82. The molecule has 2 aliphatic heterocycles. The fourth-order valence-corrected chi connectivity index (χ4v) is 4.22. The standard InChI is InChI=1S/C20H17ClFN3OS/c21-17-4-2-1-3-14(17)13-18-19(26)23-20(27-18)25-11-9-24(10-12-25)16-7-5-15(22)6-8-16/h1-8,13H,9-12H2/b18-13-. The van der Waals surface area contributed by atoms with Gasteiger partial charge in [0.1, 0.15) is 5.82 Å². The number of amides is 1. The number of benzene rings is 2. The summed E-state index contributed by atoms with van der Waals surface area (Å²) in [6.45, 7) is 3.11. The summed E-state index contributed by atoms with van der Waals surface area (Å²) in [7, 11) is 0. The topological polar surface area (TPSA) is 35.9 Å². The highest BCUT2D eigenvalue weighted by Gasteiger charge is 2.28. The van der Waals surface area contributed by atoms with Crippen molar-refractivity contribution < 1.29 is 9.18 Å². The van der Waals surface area contributed by atoms with Gasteiger partial charge in [-0.2, -0.15) is 4.99 Å². The molecule has 1 saturated heterocycles. The van der Waals surface area contributed by atoms with Gasteiger partial charge in [0.05, 0.1) is 4.91 Å². The maximum Gasteiger partial charge on any atom is 0.286 e. The molecule has 0 aromatic heterocycles. The third kappa shape index (κ3) is 4.01. The molecule has 1 amide bonds. The average Bonchev–Trinajstić information content (AvgIpc) is 3.05. The number of thioether (sulfide) groups is 1. The zero-order valence-corrected chi connectivity index (χ0v) is 16.0. The first-order chi connectivity index (χ1) is 13.1. The number of carbonyl (C=O) groups is 1. The van der Waals surface area contributed by atoms with Gasteiger partial charge in [-0.25, -0.2) is 4.39 Å². The highest BCUT2D eigenvalue weighted by molar-refractivity contribution is 8.18. The fraction of sp³-hybridized carbons (Fsp3) is 0.200. The molecule has 0 unspecified atom stereocenters. The third-order valence-corrected chi connectivity index (χ3v) is 5.93. The number of nitrogens with zero attached hydrogens (tertiary/aromatic N) is 3. The molecular formula is C20H17ClFN3OS. The quantitative estimate of drug-likeness (QED) is 0.704. The van der Waals surface area contributed by atoms with Crippen LogP contribution in [0.3, 0.4) is 0 Å². The van der Waals surface area contributed by atoms with Gasteiger partial charge >= 0.3 is 0 Å². The normalized spacial score (nSPS) is 19.0. The van der Waals surface area contributed by atoms with E-state index in [4.69, 9.17) is 11.6 Å². The van der Waals surface area contributed by atoms with Crippen LogP contribution < -0.4 is 4.90 Å². The van der Waals surface area contributed by atoms with E-state index in [1.165, 1.54) is 23.9 Å². The van der Waals surface area contributed by atoms with E-state index in [1.807, 2.05) is 18.2 Å². The zero-order chi connectivity index (χ0) is 18.8. The van der Waals surface area contributed by atoms with Crippen LogP contribution in [0.15, 0.2) is 58.4 Å². The monoisotopic (exact) mass is 401 g/mol. The van der Waals surface area contributed by atoms with E-state index in [0.29, 0.717) is 9.93 Å². The maximum absolute atomic E-state index is 13.1. The molecule has 27 heavy (non-hydrogen) atoms. The Bertz CT molecular complexity index is 921. The Kier molecular flexibility index (Phi) is 5.18. The van der Waals surface area contributed by atoms with Gasteiger partial charge in [0, 0.05) is 36.9 Å². The van der Waals surface area contributed by atoms with Crippen molar-refractivity contribution in [3.63, 3.8) is 0 Å². The minimum Gasteiger partial charge on any atom is -0.368 e. The van der Waals surface area contributed by atoms with Crippen molar-refractivity contribution in [2.45, 2.75) is 0 Å². The molecule has 0 bridgehead atoms. The second-order valence-corrected chi connectivity index (χ2v) is 7.70. The molecule has 2 aromatic rings. The predicted octanol–water partition coefficient (Wildman–Crippen LogP) is 4.27. The van der Waals surface area contributed by atoms with Crippen molar-refractivity contribution >= 4 is 46.2 Å². The summed E-state index contributed by atoms with van der Waals surface area (Å²) in [5, 5.41) is 1.34. The van der Waals surface area contributed by atoms with E-state index in [0.717, 1.165) is 42.6 Å². The minimum atomic E-state index is -0.231. The molecule has 138 valence electrons. The van der Waals surface area contributed by atoms with Crippen molar-refractivity contribution in [1.82, 2.24) is 4.90 Å². The van der Waals surface area contributed by atoms with Gasteiger partial charge in [0.25, 0.3) is 5.91 Å². The van der Waals surface area contributed by atoms with Crippen LogP contribution in [0.5, 0.6) is 0 Å². The fourth-order valence-electron chi connectivity index (χ4n) is 3.07. The van der Waals surface area contributed by atoms with Gasteiger partial charge in [-0.1, -0.05) is 29.8 Å². The lowest BCUT2D eigenvalue weighted by Crippen LogP contribution is -2.47. The number of hydrogen-bond acceptors (Lipinski definition) is 4. The van der Waals surface area contributed by atoms with E-state index in [9.17, 15) is 9.18 Å². The molecule has 7 heteroatoms. The molecule has 0 radical (unpaired) electrons. The van der Waals surface area contributed by atoms with Crippen molar-refractivity contribution in [2.24, 2.45) is 4.99 Å². The predicted molar refractivity (Wildman–Crippen MR) is 110 cm³/mol. The lowest BCUT2D eigenvalue weighted by Gasteiger charge is -2.36.